The van der Waals surface area contributed by atoms with Crippen molar-refractivity contribution in [3.8, 4) is 0 Å². The molecule has 0 amide bonds. The van der Waals surface area contributed by atoms with Crippen LogP contribution in [0.25, 0.3) is 0 Å². The Hall–Kier alpha value is -2.09. The van der Waals surface area contributed by atoms with Crippen molar-refractivity contribution in [3.63, 3.8) is 0 Å². The number of nitrogen functional groups attached to an aromatic ring is 1. The minimum absolute atomic E-state index is 0.199. The predicted octanol–water partition coefficient (Wildman–Crippen LogP) is 4.04. The van der Waals surface area contributed by atoms with Crippen LogP contribution in [0.3, 0.4) is 0 Å². The lowest BCUT2D eigenvalue weighted by Gasteiger charge is -2.05. The van der Waals surface area contributed by atoms with Crippen LogP contribution >= 0.6 is 0 Å². The van der Waals surface area contributed by atoms with Gasteiger partial charge >= 0.3 is 0 Å². The smallest absolute Gasteiger partial charge is 0.163 e. The van der Waals surface area contributed by atoms with Crippen LogP contribution in [0.15, 0.2) is 48.5 Å². The van der Waals surface area contributed by atoms with E-state index in [2.05, 4.69) is 13.0 Å². The molecule has 20 heavy (non-hydrogen) atoms. The highest BCUT2D eigenvalue weighted by molar-refractivity contribution is 5.96. The van der Waals surface area contributed by atoms with Crippen LogP contribution in [0.5, 0.6) is 0 Å². The summed E-state index contributed by atoms with van der Waals surface area (Å²) in [4.78, 5) is 12.2. The van der Waals surface area contributed by atoms with Crippen molar-refractivity contribution in [1.82, 2.24) is 0 Å². The number of anilines is 1. The number of aryl methyl sites for hydroxylation is 2. The van der Waals surface area contributed by atoms with E-state index in [4.69, 9.17) is 5.73 Å². The summed E-state index contributed by atoms with van der Waals surface area (Å²) in [5.74, 6) is 0.199. The summed E-state index contributed by atoms with van der Waals surface area (Å²) in [5, 5.41) is 0. The minimum Gasteiger partial charge on any atom is -0.399 e. The molecule has 0 spiro atoms. The van der Waals surface area contributed by atoms with Crippen LogP contribution in [0.1, 0.15) is 41.3 Å². The van der Waals surface area contributed by atoms with Gasteiger partial charge < -0.3 is 5.73 Å². The SMILES string of the molecule is CCCc1cccc(C(=O)CCc2cccc(N)c2)c1. The van der Waals surface area contributed by atoms with Crippen LogP contribution in [-0.4, -0.2) is 5.78 Å². The molecule has 0 aromatic heterocycles. The lowest BCUT2D eigenvalue weighted by molar-refractivity contribution is 0.0982. The quantitative estimate of drug-likeness (QED) is 0.634. The Morgan fingerprint density at radius 3 is 2.40 bits per heavy atom. The monoisotopic (exact) mass is 267 g/mol. The third-order valence-electron chi connectivity index (χ3n) is 3.38. The number of Topliss-reactive ketones (excluding diaryl/α,β-unsaturated/α-hetero) is 1. The van der Waals surface area contributed by atoms with Crippen LogP contribution in [-0.2, 0) is 12.8 Å². The number of ketones is 1. The molecular weight excluding hydrogens is 246 g/mol. The number of benzene rings is 2. The zero-order valence-corrected chi connectivity index (χ0v) is 11.9. The fourth-order valence-electron chi connectivity index (χ4n) is 2.34. The molecule has 2 aromatic rings. The molecule has 0 radical (unpaired) electrons. The number of hydrogen-bond acceptors (Lipinski definition) is 2. The summed E-state index contributed by atoms with van der Waals surface area (Å²) in [6, 6.07) is 15.7. The third kappa shape index (κ3) is 3.95. The highest BCUT2D eigenvalue weighted by Crippen LogP contribution is 2.13. The third-order valence-corrected chi connectivity index (χ3v) is 3.38. The number of hydrogen-bond donors (Lipinski definition) is 1. The van der Waals surface area contributed by atoms with E-state index in [1.807, 2.05) is 42.5 Å². The molecule has 2 aromatic carbocycles. The summed E-state index contributed by atoms with van der Waals surface area (Å²) in [6.45, 7) is 2.15. The van der Waals surface area contributed by atoms with Gasteiger partial charge in [0.1, 0.15) is 0 Å². The highest BCUT2D eigenvalue weighted by atomic mass is 16.1. The molecule has 0 aliphatic carbocycles. The molecular formula is C18H21NO. The standard InChI is InChI=1S/C18H21NO/c1-2-5-14-6-3-8-16(12-14)18(20)11-10-15-7-4-9-17(19)13-15/h3-4,6-9,12-13H,2,5,10-11,19H2,1H3. The number of carbonyl (C=O) groups is 1. The van der Waals surface area contributed by atoms with Gasteiger partial charge in [-0.1, -0.05) is 43.7 Å². The molecule has 0 fully saturated rings. The van der Waals surface area contributed by atoms with Gasteiger partial charge in [-0.25, -0.2) is 0 Å². The Labute approximate surface area is 120 Å². The van der Waals surface area contributed by atoms with Gasteiger partial charge in [-0.3, -0.25) is 4.79 Å². The van der Waals surface area contributed by atoms with E-state index in [9.17, 15) is 4.79 Å². The zero-order valence-electron chi connectivity index (χ0n) is 11.9. The molecule has 0 bridgehead atoms. The first kappa shape index (κ1) is 14.3. The van der Waals surface area contributed by atoms with Crippen molar-refractivity contribution in [2.75, 3.05) is 5.73 Å². The first-order valence-electron chi connectivity index (χ1n) is 7.15. The Morgan fingerprint density at radius 2 is 1.70 bits per heavy atom. The predicted molar refractivity (Wildman–Crippen MR) is 83.9 cm³/mol. The number of rotatable bonds is 6. The second kappa shape index (κ2) is 6.90. The van der Waals surface area contributed by atoms with Crippen LogP contribution in [0.2, 0.25) is 0 Å². The van der Waals surface area contributed by atoms with E-state index >= 15 is 0 Å². The molecule has 0 atom stereocenters. The van der Waals surface area contributed by atoms with Crippen LogP contribution < -0.4 is 5.73 Å². The second-order valence-electron chi connectivity index (χ2n) is 5.12. The van der Waals surface area contributed by atoms with E-state index in [1.165, 1.54) is 5.56 Å². The van der Waals surface area contributed by atoms with E-state index in [-0.39, 0.29) is 5.78 Å². The Morgan fingerprint density at radius 1 is 1.00 bits per heavy atom. The Bertz CT molecular complexity index is 589. The van der Waals surface area contributed by atoms with Crippen molar-refractivity contribution >= 4 is 11.5 Å². The molecule has 104 valence electrons. The van der Waals surface area contributed by atoms with E-state index in [1.54, 1.807) is 0 Å². The summed E-state index contributed by atoms with van der Waals surface area (Å²) in [7, 11) is 0. The molecule has 0 aliphatic heterocycles. The molecule has 2 heteroatoms. The molecule has 0 heterocycles. The first-order valence-corrected chi connectivity index (χ1v) is 7.15. The fraction of sp³-hybridized carbons (Fsp3) is 0.278. The topological polar surface area (TPSA) is 43.1 Å². The molecule has 0 saturated heterocycles. The van der Waals surface area contributed by atoms with Gasteiger partial charge in [0.25, 0.3) is 0 Å². The minimum atomic E-state index is 0.199. The molecule has 2 nitrogen and oxygen atoms in total. The summed E-state index contributed by atoms with van der Waals surface area (Å²) in [5.41, 5.74) is 9.67. The van der Waals surface area contributed by atoms with E-state index < -0.39 is 0 Å². The van der Waals surface area contributed by atoms with Crippen LogP contribution in [0, 0.1) is 0 Å². The van der Waals surface area contributed by atoms with Crippen molar-refractivity contribution in [3.05, 3.63) is 65.2 Å². The maximum atomic E-state index is 12.2. The van der Waals surface area contributed by atoms with Gasteiger partial charge in [-0.05, 0) is 42.2 Å². The molecule has 0 aliphatic rings. The normalized spacial score (nSPS) is 10.4. The lowest BCUT2D eigenvalue weighted by Crippen LogP contribution is -2.02. The van der Waals surface area contributed by atoms with E-state index in [0.717, 1.165) is 36.1 Å². The van der Waals surface area contributed by atoms with Gasteiger partial charge in [0.2, 0.25) is 0 Å². The largest absolute Gasteiger partial charge is 0.399 e. The highest BCUT2D eigenvalue weighted by Gasteiger charge is 2.07. The van der Waals surface area contributed by atoms with Crippen molar-refractivity contribution in [2.24, 2.45) is 0 Å². The summed E-state index contributed by atoms with van der Waals surface area (Å²) in [6.07, 6.45) is 3.39. The van der Waals surface area contributed by atoms with Gasteiger partial charge in [0, 0.05) is 17.7 Å². The van der Waals surface area contributed by atoms with Crippen LogP contribution in [0.4, 0.5) is 5.69 Å². The average molecular weight is 267 g/mol. The van der Waals surface area contributed by atoms with Gasteiger partial charge in [0.15, 0.2) is 5.78 Å². The summed E-state index contributed by atoms with van der Waals surface area (Å²) >= 11 is 0. The lowest BCUT2D eigenvalue weighted by atomic mass is 10.00. The number of carbonyl (C=O) groups excluding carboxylic acids is 1. The van der Waals surface area contributed by atoms with Crippen molar-refractivity contribution < 1.29 is 4.79 Å². The van der Waals surface area contributed by atoms with Gasteiger partial charge in [-0.2, -0.15) is 0 Å². The number of nitrogens with two attached hydrogens (primary N) is 1. The first-order chi connectivity index (χ1) is 9.69. The van der Waals surface area contributed by atoms with E-state index in [0.29, 0.717) is 6.42 Å². The Kier molecular flexibility index (Phi) is 4.94. The molecule has 0 saturated carbocycles. The average Bonchev–Trinajstić information content (AvgIpc) is 2.45. The van der Waals surface area contributed by atoms with Gasteiger partial charge in [0.05, 0.1) is 0 Å². The molecule has 0 unspecified atom stereocenters. The summed E-state index contributed by atoms with van der Waals surface area (Å²) < 4.78 is 0. The van der Waals surface area contributed by atoms with Crippen molar-refractivity contribution in [1.29, 1.82) is 0 Å². The molecule has 2 rings (SSSR count). The maximum absolute atomic E-state index is 12.2. The zero-order chi connectivity index (χ0) is 14.4. The fourth-order valence-corrected chi connectivity index (χ4v) is 2.34. The second-order valence-corrected chi connectivity index (χ2v) is 5.12. The van der Waals surface area contributed by atoms with Crippen molar-refractivity contribution in [2.45, 2.75) is 32.6 Å². The Balaban J connectivity index is 1.99. The molecule has 2 N–H and O–H groups in total. The maximum Gasteiger partial charge on any atom is 0.163 e. The van der Waals surface area contributed by atoms with Gasteiger partial charge in [-0.15, -0.1) is 0 Å².